The number of imidazole rings is 1. The van der Waals surface area contributed by atoms with Gasteiger partial charge in [-0.25, -0.2) is 4.98 Å². The molecule has 0 aliphatic carbocycles. The standard InChI is InChI=1S/C11H9N3S/c12-9-1-2-11-13-10(6-14(11)5-9)8-3-4-15-7-8/h1-7H,12H2. The van der Waals surface area contributed by atoms with E-state index < -0.39 is 0 Å². The van der Waals surface area contributed by atoms with Crippen LogP contribution in [0.1, 0.15) is 0 Å². The SMILES string of the molecule is Nc1ccc2nc(-c3ccsc3)cn2c1. The second-order valence-corrected chi connectivity index (χ2v) is 4.15. The Bertz CT molecular complexity index is 595. The number of nitrogens with two attached hydrogens (primary N) is 1. The predicted molar refractivity (Wildman–Crippen MR) is 62.9 cm³/mol. The van der Waals surface area contributed by atoms with E-state index in [4.69, 9.17) is 5.73 Å². The van der Waals surface area contributed by atoms with Gasteiger partial charge < -0.3 is 10.1 Å². The maximum atomic E-state index is 5.71. The fraction of sp³-hybridized carbons (Fsp3) is 0. The van der Waals surface area contributed by atoms with Crippen molar-refractivity contribution in [3.8, 4) is 11.3 Å². The smallest absolute Gasteiger partial charge is 0.137 e. The number of nitrogens with zero attached hydrogens (tertiary/aromatic N) is 2. The molecule has 0 saturated heterocycles. The summed E-state index contributed by atoms with van der Waals surface area (Å²) < 4.78 is 1.95. The first-order valence-electron chi connectivity index (χ1n) is 4.60. The van der Waals surface area contributed by atoms with Crippen LogP contribution in [0.4, 0.5) is 5.69 Å². The van der Waals surface area contributed by atoms with E-state index in [-0.39, 0.29) is 0 Å². The summed E-state index contributed by atoms with van der Waals surface area (Å²) in [6.45, 7) is 0. The average Bonchev–Trinajstić information content (AvgIpc) is 2.84. The van der Waals surface area contributed by atoms with E-state index in [0.717, 1.165) is 22.6 Å². The topological polar surface area (TPSA) is 43.3 Å². The number of hydrogen-bond donors (Lipinski definition) is 1. The van der Waals surface area contributed by atoms with E-state index in [1.165, 1.54) is 0 Å². The fourth-order valence-electron chi connectivity index (χ4n) is 1.56. The first kappa shape index (κ1) is 8.49. The van der Waals surface area contributed by atoms with E-state index >= 15 is 0 Å². The summed E-state index contributed by atoms with van der Waals surface area (Å²) in [6, 6.07) is 5.85. The number of thiophene rings is 1. The third-order valence-corrected chi connectivity index (χ3v) is 2.97. The molecule has 3 heterocycles. The van der Waals surface area contributed by atoms with Crippen molar-refractivity contribution in [1.29, 1.82) is 0 Å². The number of nitrogen functional groups attached to an aromatic ring is 1. The van der Waals surface area contributed by atoms with Crippen molar-refractivity contribution in [2.75, 3.05) is 5.73 Å². The Morgan fingerprint density at radius 1 is 1.20 bits per heavy atom. The normalized spacial score (nSPS) is 10.9. The van der Waals surface area contributed by atoms with Crippen molar-refractivity contribution in [3.05, 3.63) is 41.4 Å². The Kier molecular flexibility index (Phi) is 1.76. The van der Waals surface area contributed by atoms with Crippen molar-refractivity contribution in [2.24, 2.45) is 0 Å². The second kappa shape index (κ2) is 3.10. The van der Waals surface area contributed by atoms with Crippen LogP contribution in [0.2, 0.25) is 0 Å². The Balaban J connectivity index is 2.22. The van der Waals surface area contributed by atoms with Crippen LogP contribution < -0.4 is 5.73 Å². The summed E-state index contributed by atoms with van der Waals surface area (Å²) in [5.74, 6) is 0. The van der Waals surface area contributed by atoms with E-state index in [9.17, 15) is 0 Å². The number of fused-ring (bicyclic) bond motifs is 1. The second-order valence-electron chi connectivity index (χ2n) is 3.37. The van der Waals surface area contributed by atoms with Crippen LogP contribution in [0.25, 0.3) is 16.9 Å². The van der Waals surface area contributed by atoms with Gasteiger partial charge in [0, 0.05) is 29.0 Å². The maximum absolute atomic E-state index is 5.71. The third-order valence-electron chi connectivity index (χ3n) is 2.29. The molecule has 3 aromatic rings. The van der Waals surface area contributed by atoms with Crippen molar-refractivity contribution < 1.29 is 0 Å². The number of pyridine rings is 1. The molecule has 0 fully saturated rings. The minimum atomic E-state index is 0.747. The molecule has 0 saturated carbocycles. The average molecular weight is 215 g/mol. The lowest BCUT2D eigenvalue weighted by Gasteiger charge is -1.93. The number of rotatable bonds is 1. The van der Waals surface area contributed by atoms with Crippen molar-refractivity contribution >= 4 is 22.7 Å². The predicted octanol–water partition coefficient (Wildman–Crippen LogP) is 2.65. The van der Waals surface area contributed by atoms with Gasteiger partial charge in [0.25, 0.3) is 0 Å². The molecule has 0 amide bonds. The van der Waals surface area contributed by atoms with Crippen molar-refractivity contribution in [3.63, 3.8) is 0 Å². The van der Waals surface area contributed by atoms with Crippen LogP contribution in [0.5, 0.6) is 0 Å². The van der Waals surface area contributed by atoms with Gasteiger partial charge in [-0.1, -0.05) is 0 Å². The van der Waals surface area contributed by atoms with Gasteiger partial charge in [0.15, 0.2) is 0 Å². The minimum absolute atomic E-state index is 0.747. The molecule has 0 bridgehead atoms. The van der Waals surface area contributed by atoms with Gasteiger partial charge in [-0.2, -0.15) is 11.3 Å². The highest BCUT2D eigenvalue weighted by Crippen LogP contribution is 2.21. The number of anilines is 1. The van der Waals surface area contributed by atoms with Crippen LogP contribution in [0.3, 0.4) is 0 Å². The van der Waals surface area contributed by atoms with E-state index in [1.54, 1.807) is 11.3 Å². The number of hydrogen-bond acceptors (Lipinski definition) is 3. The molecular weight excluding hydrogens is 206 g/mol. The van der Waals surface area contributed by atoms with Gasteiger partial charge >= 0.3 is 0 Å². The lowest BCUT2D eigenvalue weighted by atomic mass is 10.3. The largest absolute Gasteiger partial charge is 0.398 e. The summed E-state index contributed by atoms with van der Waals surface area (Å²) in [5, 5.41) is 4.14. The van der Waals surface area contributed by atoms with E-state index in [0.29, 0.717) is 0 Å². The molecule has 3 rings (SSSR count). The zero-order valence-electron chi connectivity index (χ0n) is 7.92. The fourth-order valence-corrected chi connectivity index (χ4v) is 2.21. The molecule has 4 heteroatoms. The molecule has 15 heavy (non-hydrogen) atoms. The molecule has 0 atom stereocenters. The highest BCUT2D eigenvalue weighted by molar-refractivity contribution is 7.08. The van der Waals surface area contributed by atoms with Gasteiger partial charge in [0.1, 0.15) is 5.65 Å². The molecule has 3 aromatic heterocycles. The lowest BCUT2D eigenvalue weighted by molar-refractivity contribution is 1.19. The summed E-state index contributed by atoms with van der Waals surface area (Å²) in [4.78, 5) is 4.51. The van der Waals surface area contributed by atoms with Crippen LogP contribution in [-0.2, 0) is 0 Å². The van der Waals surface area contributed by atoms with Gasteiger partial charge in [0.2, 0.25) is 0 Å². The van der Waals surface area contributed by atoms with Gasteiger partial charge in [-0.15, -0.1) is 0 Å². The Morgan fingerprint density at radius 2 is 2.13 bits per heavy atom. The summed E-state index contributed by atoms with van der Waals surface area (Å²) in [5.41, 5.74) is 9.52. The quantitative estimate of drug-likeness (QED) is 0.678. The molecule has 3 nitrogen and oxygen atoms in total. The Hall–Kier alpha value is -1.81. The van der Waals surface area contributed by atoms with Crippen LogP contribution in [-0.4, -0.2) is 9.38 Å². The molecule has 2 N–H and O–H groups in total. The van der Waals surface area contributed by atoms with Gasteiger partial charge in [-0.3, -0.25) is 0 Å². The van der Waals surface area contributed by atoms with E-state index in [1.807, 2.05) is 34.3 Å². The van der Waals surface area contributed by atoms with E-state index in [2.05, 4.69) is 16.4 Å². The summed E-state index contributed by atoms with van der Waals surface area (Å²) >= 11 is 1.67. The summed E-state index contributed by atoms with van der Waals surface area (Å²) in [6.07, 6.45) is 3.87. The number of aromatic nitrogens is 2. The highest BCUT2D eigenvalue weighted by atomic mass is 32.1. The molecule has 0 radical (unpaired) electrons. The van der Waals surface area contributed by atoms with Crippen LogP contribution in [0.15, 0.2) is 41.4 Å². The zero-order valence-corrected chi connectivity index (χ0v) is 8.74. The molecule has 0 aliphatic rings. The molecule has 0 aliphatic heterocycles. The van der Waals surface area contributed by atoms with Crippen molar-refractivity contribution in [2.45, 2.75) is 0 Å². The van der Waals surface area contributed by atoms with Gasteiger partial charge in [0.05, 0.1) is 5.69 Å². The highest BCUT2D eigenvalue weighted by Gasteiger charge is 2.03. The molecule has 0 spiro atoms. The molecule has 74 valence electrons. The first-order valence-corrected chi connectivity index (χ1v) is 5.54. The zero-order chi connectivity index (χ0) is 10.3. The molecular formula is C11H9N3S. The van der Waals surface area contributed by atoms with Crippen LogP contribution >= 0.6 is 11.3 Å². The molecule has 0 unspecified atom stereocenters. The monoisotopic (exact) mass is 215 g/mol. The minimum Gasteiger partial charge on any atom is -0.398 e. The molecule has 0 aromatic carbocycles. The lowest BCUT2D eigenvalue weighted by Crippen LogP contribution is -1.88. The summed E-state index contributed by atoms with van der Waals surface area (Å²) in [7, 11) is 0. The maximum Gasteiger partial charge on any atom is 0.137 e. The third kappa shape index (κ3) is 1.39. The van der Waals surface area contributed by atoms with Crippen LogP contribution in [0, 0.1) is 0 Å². The Morgan fingerprint density at radius 3 is 2.93 bits per heavy atom. The van der Waals surface area contributed by atoms with Crippen molar-refractivity contribution in [1.82, 2.24) is 9.38 Å². The first-order chi connectivity index (χ1) is 7.33. The Labute approximate surface area is 90.8 Å². The van der Waals surface area contributed by atoms with Gasteiger partial charge in [-0.05, 0) is 23.6 Å².